The lowest BCUT2D eigenvalue weighted by Crippen LogP contribution is -2.55. The molecule has 1 rings (SSSR count). The van der Waals surface area contributed by atoms with Gasteiger partial charge in [-0.1, -0.05) is 13.8 Å². The van der Waals surface area contributed by atoms with Crippen LogP contribution in [-0.4, -0.2) is 37.2 Å². The highest BCUT2D eigenvalue weighted by molar-refractivity contribution is 5.84. The minimum Gasteiger partial charge on any atom is -0.478 e. The van der Waals surface area contributed by atoms with Crippen molar-refractivity contribution in [3.8, 4) is 0 Å². The summed E-state index contributed by atoms with van der Waals surface area (Å²) < 4.78 is 0. The first-order valence-electron chi connectivity index (χ1n) is 5.64. The van der Waals surface area contributed by atoms with Gasteiger partial charge >= 0.3 is 5.97 Å². The summed E-state index contributed by atoms with van der Waals surface area (Å²) in [5, 5.41) is 22.2. The van der Waals surface area contributed by atoms with E-state index < -0.39 is 11.6 Å². The molecule has 100 valence electrons. The number of carbonyl (C=O) groups excluding carboxylic acids is 1. The molecule has 1 amide bonds. The summed E-state index contributed by atoms with van der Waals surface area (Å²) in [5.41, 5.74) is -1.72. The van der Waals surface area contributed by atoms with E-state index in [1.165, 1.54) is 6.92 Å². The number of nitrogens with zero attached hydrogens (tertiary/aromatic N) is 4. The fourth-order valence-electron chi connectivity index (χ4n) is 1.31. The molecule has 0 saturated heterocycles. The third-order valence-corrected chi connectivity index (χ3v) is 2.50. The second-order valence-electron chi connectivity index (χ2n) is 4.58. The van der Waals surface area contributed by atoms with Crippen LogP contribution in [0.2, 0.25) is 0 Å². The van der Waals surface area contributed by atoms with Gasteiger partial charge in [0.15, 0.2) is 6.33 Å². The van der Waals surface area contributed by atoms with Crippen LogP contribution < -0.4 is 5.32 Å². The highest BCUT2D eigenvalue weighted by atomic mass is 16.4. The van der Waals surface area contributed by atoms with E-state index in [1.54, 1.807) is 0 Å². The van der Waals surface area contributed by atoms with E-state index in [0.717, 1.165) is 11.1 Å². The van der Waals surface area contributed by atoms with Crippen molar-refractivity contribution in [1.29, 1.82) is 0 Å². The number of tetrazole rings is 1. The molecule has 0 aliphatic carbocycles. The molecule has 0 bridgehead atoms. The van der Waals surface area contributed by atoms with Gasteiger partial charge in [0.2, 0.25) is 11.6 Å². The van der Waals surface area contributed by atoms with Gasteiger partial charge in [0.1, 0.15) is 0 Å². The number of nitrogens with one attached hydrogen (secondary N) is 1. The molecule has 1 aromatic rings. The van der Waals surface area contributed by atoms with Gasteiger partial charge in [-0.3, -0.25) is 4.79 Å². The lowest BCUT2D eigenvalue weighted by molar-refractivity contribution is -0.153. The van der Waals surface area contributed by atoms with E-state index in [4.69, 9.17) is 0 Å². The van der Waals surface area contributed by atoms with E-state index in [1.807, 2.05) is 13.8 Å². The van der Waals surface area contributed by atoms with Crippen molar-refractivity contribution >= 4 is 11.9 Å². The molecular formula is C10H17N5O3. The fourth-order valence-corrected chi connectivity index (χ4v) is 1.31. The van der Waals surface area contributed by atoms with E-state index in [0.29, 0.717) is 12.3 Å². The van der Waals surface area contributed by atoms with E-state index in [2.05, 4.69) is 20.7 Å². The second kappa shape index (κ2) is 5.56. The molecule has 18 heavy (non-hydrogen) atoms. The van der Waals surface area contributed by atoms with Crippen molar-refractivity contribution in [2.24, 2.45) is 5.92 Å². The van der Waals surface area contributed by atoms with Crippen LogP contribution in [0.1, 0.15) is 33.6 Å². The zero-order chi connectivity index (χ0) is 13.8. The third-order valence-electron chi connectivity index (χ3n) is 2.50. The van der Waals surface area contributed by atoms with Gasteiger partial charge in [-0.05, 0) is 24.5 Å². The third kappa shape index (κ3) is 3.25. The fraction of sp³-hybridized carbons (Fsp3) is 0.700. The van der Waals surface area contributed by atoms with Gasteiger partial charge in [-0.15, -0.1) is 15.0 Å². The van der Waals surface area contributed by atoms with Crippen molar-refractivity contribution in [3.05, 3.63) is 6.33 Å². The number of hydrogen-bond donors (Lipinski definition) is 2. The van der Waals surface area contributed by atoms with Gasteiger partial charge in [0.25, 0.3) is 0 Å². The molecule has 1 atom stereocenters. The van der Waals surface area contributed by atoms with Crippen LogP contribution in [-0.2, 0) is 15.3 Å². The van der Waals surface area contributed by atoms with Crippen LogP contribution in [0.3, 0.4) is 0 Å². The van der Waals surface area contributed by atoms with Crippen LogP contribution in [0, 0.1) is 5.92 Å². The molecule has 1 heterocycles. The lowest BCUT2D eigenvalue weighted by atomic mass is 10.1. The predicted octanol–water partition coefficient (Wildman–Crippen LogP) is -0.0172. The summed E-state index contributed by atoms with van der Waals surface area (Å²) in [6.07, 6.45) is 2.06. The summed E-state index contributed by atoms with van der Waals surface area (Å²) in [6.45, 7) is 5.29. The molecular weight excluding hydrogens is 238 g/mol. The highest BCUT2D eigenvalue weighted by Gasteiger charge is 2.39. The lowest BCUT2D eigenvalue weighted by Gasteiger charge is -2.24. The van der Waals surface area contributed by atoms with Crippen molar-refractivity contribution in [2.45, 2.75) is 39.3 Å². The Kier molecular flexibility index (Phi) is 4.35. The zero-order valence-electron chi connectivity index (χ0n) is 10.6. The molecule has 2 N–H and O–H groups in total. The Morgan fingerprint density at radius 2 is 2.17 bits per heavy atom. The molecule has 8 heteroatoms. The molecule has 0 fully saturated rings. The summed E-state index contributed by atoms with van der Waals surface area (Å²) in [6, 6.07) is 0. The predicted molar refractivity (Wildman–Crippen MR) is 61.3 cm³/mol. The molecule has 0 aromatic carbocycles. The molecule has 0 aliphatic rings. The monoisotopic (exact) mass is 255 g/mol. The van der Waals surface area contributed by atoms with Crippen molar-refractivity contribution in [3.63, 3.8) is 0 Å². The van der Waals surface area contributed by atoms with Gasteiger partial charge in [0, 0.05) is 6.42 Å². The highest BCUT2D eigenvalue weighted by Crippen LogP contribution is 2.11. The van der Waals surface area contributed by atoms with Gasteiger partial charge in [-0.2, -0.15) is 0 Å². The SMILES string of the molecule is CC(C)CCC(=O)NC(C)(C(=O)O)n1ncnn1. The number of carbonyl (C=O) groups is 2. The molecule has 1 aromatic heterocycles. The number of aromatic nitrogens is 4. The smallest absolute Gasteiger partial charge is 0.354 e. The summed E-state index contributed by atoms with van der Waals surface area (Å²) in [4.78, 5) is 23.8. The standard InChI is InChI=1S/C10H17N5O3/c1-7(2)4-5-8(16)13-10(3,9(17)18)15-12-6-11-14-15/h6-7H,4-5H2,1-3H3,(H,13,16)(H,17,18). The average Bonchev–Trinajstić information content (AvgIpc) is 2.79. The molecule has 0 radical (unpaired) electrons. The first kappa shape index (κ1) is 14.1. The molecule has 8 nitrogen and oxygen atoms in total. The van der Waals surface area contributed by atoms with E-state index in [-0.39, 0.29) is 12.3 Å². The number of carboxylic acid groups (broad SMARTS) is 1. The number of carboxylic acids is 1. The van der Waals surface area contributed by atoms with Crippen LogP contribution in [0.5, 0.6) is 0 Å². The van der Waals surface area contributed by atoms with Crippen molar-refractivity contribution < 1.29 is 14.7 Å². The van der Waals surface area contributed by atoms with Crippen molar-refractivity contribution in [2.75, 3.05) is 0 Å². The summed E-state index contributed by atoms with van der Waals surface area (Å²) in [7, 11) is 0. The van der Waals surface area contributed by atoms with Crippen LogP contribution in [0.4, 0.5) is 0 Å². The molecule has 1 unspecified atom stereocenters. The molecule has 0 aliphatic heterocycles. The maximum atomic E-state index is 11.7. The average molecular weight is 255 g/mol. The van der Waals surface area contributed by atoms with Gasteiger partial charge < -0.3 is 10.4 Å². The number of rotatable bonds is 6. The number of amides is 1. The van der Waals surface area contributed by atoms with Gasteiger partial charge in [-0.25, -0.2) is 4.79 Å². The molecule has 0 spiro atoms. The van der Waals surface area contributed by atoms with Crippen molar-refractivity contribution in [1.82, 2.24) is 25.5 Å². The Labute approximate surface area is 104 Å². The minimum atomic E-state index is -1.72. The number of aliphatic carboxylic acids is 1. The summed E-state index contributed by atoms with van der Waals surface area (Å²) in [5.74, 6) is -1.24. The first-order chi connectivity index (χ1) is 8.36. The first-order valence-corrected chi connectivity index (χ1v) is 5.64. The minimum absolute atomic E-state index is 0.259. The Morgan fingerprint density at radius 3 is 2.61 bits per heavy atom. The van der Waals surface area contributed by atoms with E-state index >= 15 is 0 Å². The quantitative estimate of drug-likeness (QED) is 0.739. The van der Waals surface area contributed by atoms with Gasteiger partial charge in [0.05, 0.1) is 0 Å². The van der Waals surface area contributed by atoms with E-state index in [9.17, 15) is 14.7 Å². The largest absolute Gasteiger partial charge is 0.478 e. The maximum absolute atomic E-state index is 11.7. The normalized spacial score (nSPS) is 14.2. The second-order valence-corrected chi connectivity index (χ2v) is 4.58. The Balaban J connectivity index is 2.76. The maximum Gasteiger partial charge on any atom is 0.354 e. The van der Waals surface area contributed by atoms with Crippen LogP contribution in [0.25, 0.3) is 0 Å². The Hall–Kier alpha value is -1.99. The zero-order valence-corrected chi connectivity index (χ0v) is 10.6. The van der Waals surface area contributed by atoms with Crippen LogP contribution in [0.15, 0.2) is 6.33 Å². The van der Waals surface area contributed by atoms with Crippen LogP contribution >= 0.6 is 0 Å². The summed E-state index contributed by atoms with van der Waals surface area (Å²) >= 11 is 0. The topological polar surface area (TPSA) is 110 Å². The molecule has 0 saturated carbocycles. The Bertz CT molecular complexity index is 417. The Morgan fingerprint density at radius 1 is 1.50 bits per heavy atom. The number of hydrogen-bond acceptors (Lipinski definition) is 5.